The van der Waals surface area contributed by atoms with Crippen molar-refractivity contribution >= 4 is 0 Å². The SMILES string of the molecule is COCCN(C)C1CC(C)CCC1N. The molecule has 2 N–H and O–H groups in total. The van der Waals surface area contributed by atoms with E-state index in [-0.39, 0.29) is 0 Å². The van der Waals surface area contributed by atoms with Crippen molar-refractivity contribution in [3.63, 3.8) is 0 Å². The summed E-state index contributed by atoms with van der Waals surface area (Å²) < 4.78 is 5.08. The van der Waals surface area contributed by atoms with Crippen molar-refractivity contribution in [2.45, 2.75) is 38.3 Å². The molecule has 0 spiro atoms. The van der Waals surface area contributed by atoms with Crippen LogP contribution in [0.25, 0.3) is 0 Å². The third kappa shape index (κ3) is 3.23. The fourth-order valence-electron chi connectivity index (χ4n) is 2.28. The third-order valence-corrected chi connectivity index (χ3v) is 3.35. The molecule has 3 heteroatoms. The Bertz CT molecular complexity index is 163. The first-order valence-corrected chi connectivity index (χ1v) is 5.60. The molecule has 84 valence electrons. The van der Waals surface area contributed by atoms with Gasteiger partial charge >= 0.3 is 0 Å². The van der Waals surface area contributed by atoms with Crippen LogP contribution in [-0.2, 0) is 4.74 Å². The van der Waals surface area contributed by atoms with Gasteiger partial charge in [-0.05, 0) is 32.2 Å². The van der Waals surface area contributed by atoms with Crippen molar-refractivity contribution < 1.29 is 4.74 Å². The first kappa shape index (κ1) is 12.0. The summed E-state index contributed by atoms with van der Waals surface area (Å²) in [5.41, 5.74) is 6.13. The van der Waals surface area contributed by atoms with Gasteiger partial charge in [0, 0.05) is 25.7 Å². The molecule has 0 aliphatic heterocycles. The van der Waals surface area contributed by atoms with Crippen LogP contribution in [0.3, 0.4) is 0 Å². The highest BCUT2D eigenvalue weighted by atomic mass is 16.5. The van der Waals surface area contributed by atoms with Crippen LogP contribution >= 0.6 is 0 Å². The number of likely N-dealkylation sites (N-methyl/N-ethyl adjacent to an activating group) is 1. The molecule has 3 atom stereocenters. The zero-order chi connectivity index (χ0) is 10.6. The van der Waals surface area contributed by atoms with Crippen LogP contribution in [0.15, 0.2) is 0 Å². The molecule has 0 aromatic carbocycles. The van der Waals surface area contributed by atoms with Gasteiger partial charge in [-0.3, -0.25) is 4.90 Å². The summed E-state index contributed by atoms with van der Waals surface area (Å²) in [6.07, 6.45) is 3.69. The molecular weight excluding hydrogens is 176 g/mol. The number of methoxy groups -OCH3 is 1. The molecule has 0 heterocycles. The van der Waals surface area contributed by atoms with Crippen LogP contribution in [-0.4, -0.2) is 44.3 Å². The van der Waals surface area contributed by atoms with E-state index in [4.69, 9.17) is 10.5 Å². The highest BCUT2D eigenvalue weighted by Crippen LogP contribution is 2.25. The molecular formula is C11H24N2O. The van der Waals surface area contributed by atoms with E-state index < -0.39 is 0 Å². The number of hydrogen-bond acceptors (Lipinski definition) is 3. The van der Waals surface area contributed by atoms with Crippen LogP contribution in [0.5, 0.6) is 0 Å². The molecule has 3 unspecified atom stereocenters. The maximum atomic E-state index is 6.13. The van der Waals surface area contributed by atoms with Gasteiger partial charge in [0.1, 0.15) is 0 Å². The number of hydrogen-bond donors (Lipinski definition) is 1. The van der Waals surface area contributed by atoms with Gasteiger partial charge in [0.05, 0.1) is 6.61 Å². The molecule has 1 aliphatic rings. The second kappa shape index (κ2) is 5.69. The lowest BCUT2D eigenvalue weighted by Gasteiger charge is -2.38. The summed E-state index contributed by atoms with van der Waals surface area (Å²) >= 11 is 0. The predicted molar refractivity (Wildman–Crippen MR) is 59.3 cm³/mol. The maximum Gasteiger partial charge on any atom is 0.0589 e. The molecule has 1 fully saturated rings. The van der Waals surface area contributed by atoms with Gasteiger partial charge in [0.2, 0.25) is 0 Å². The summed E-state index contributed by atoms with van der Waals surface area (Å²) in [6.45, 7) is 4.11. The lowest BCUT2D eigenvalue weighted by Crippen LogP contribution is -2.50. The van der Waals surface area contributed by atoms with E-state index in [2.05, 4.69) is 18.9 Å². The molecule has 1 aliphatic carbocycles. The Morgan fingerprint density at radius 1 is 1.43 bits per heavy atom. The van der Waals surface area contributed by atoms with E-state index >= 15 is 0 Å². The predicted octanol–water partition coefficient (Wildman–Crippen LogP) is 1.08. The minimum absolute atomic E-state index is 0.355. The molecule has 0 amide bonds. The number of nitrogens with two attached hydrogens (primary N) is 1. The third-order valence-electron chi connectivity index (χ3n) is 3.35. The first-order chi connectivity index (χ1) is 6.65. The van der Waals surface area contributed by atoms with Crippen molar-refractivity contribution in [1.29, 1.82) is 0 Å². The Balaban J connectivity index is 2.38. The highest BCUT2D eigenvalue weighted by Gasteiger charge is 2.28. The molecule has 3 nitrogen and oxygen atoms in total. The topological polar surface area (TPSA) is 38.5 Å². The average molecular weight is 200 g/mol. The van der Waals surface area contributed by atoms with E-state index in [1.54, 1.807) is 7.11 Å². The Morgan fingerprint density at radius 2 is 2.14 bits per heavy atom. The quantitative estimate of drug-likeness (QED) is 0.738. The maximum absolute atomic E-state index is 6.13. The van der Waals surface area contributed by atoms with Crippen LogP contribution in [0, 0.1) is 5.92 Å². The standard InChI is InChI=1S/C11H24N2O/c1-9-4-5-10(12)11(8-9)13(2)6-7-14-3/h9-11H,4-8,12H2,1-3H3. The molecule has 0 saturated heterocycles. The van der Waals surface area contributed by atoms with Gasteiger partial charge in [-0.25, -0.2) is 0 Å². The van der Waals surface area contributed by atoms with Crippen molar-refractivity contribution in [3.05, 3.63) is 0 Å². The van der Waals surface area contributed by atoms with Crippen molar-refractivity contribution in [2.24, 2.45) is 11.7 Å². The molecule has 0 aromatic heterocycles. The second-order valence-electron chi connectivity index (χ2n) is 4.62. The number of ether oxygens (including phenoxy) is 1. The van der Waals surface area contributed by atoms with E-state index in [1.807, 2.05) is 0 Å². The van der Waals surface area contributed by atoms with Gasteiger partial charge in [-0.2, -0.15) is 0 Å². The van der Waals surface area contributed by atoms with Gasteiger partial charge < -0.3 is 10.5 Å². The first-order valence-electron chi connectivity index (χ1n) is 5.60. The highest BCUT2D eigenvalue weighted by molar-refractivity contribution is 4.86. The zero-order valence-corrected chi connectivity index (χ0v) is 9.70. The summed E-state index contributed by atoms with van der Waals surface area (Å²) in [6, 6.07) is 0.905. The number of rotatable bonds is 4. The normalized spacial score (nSPS) is 33.6. The van der Waals surface area contributed by atoms with E-state index in [0.717, 1.165) is 19.1 Å². The fraction of sp³-hybridized carbons (Fsp3) is 1.00. The van der Waals surface area contributed by atoms with E-state index in [0.29, 0.717) is 12.1 Å². The van der Waals surface area contributed by atoms with Crippen molar-refractivity contribution in [3.8, 4) is 0 Å². The van der Waals surface area contributed by atoms with Gasteiger partial charge in [0.15, 0.2) is 0 Å². The zero-order valence-electron chi connectivity index (χ0n) is 9.70. The van der Waals surface area contributed by atoms with E-state index in [9.17, 15) is 0 Å². The lowest BCUT2D eigenvalue weighted by molar-refractivity contribution is 0.101. The summed E-state index contributed by atoms with van der Waals surface area (Å²) in [4.78, 5) is 2.35. The van der Waals surface area contributed by atoms with Crippen molar-refractivity contribution in [2.75, 3.05) is 27.3 Å². The van der Waals surface area contributed by atoms with Gasteiger partial charge in [0.25, 0.3) is 0 Å². The molecule has 14 heavy (non-hydrogen) atoms. The Morgan fingerprint density at radius 3 is 2.79 bits per heavy atom. The minimum Gasteiger partial charge on any atom is -0.383 e. The molecule has 0 aromatic rings. The minimum atomic E-state index is 0.355. The smallest absolute Gasteiger partial charge is 0.0589 e. The summed E-state index contributed by atoms with van der Waals surface area (Å²) in [5, 5.41) is 0. The lowest BCUT2D eigenvalue weighted by atomic mass is 9.83. The van der Waals surface area contributed by atoms with Gasteiger partial charge in [-0.15, -0.1) is 0 Å². The average Bonchev–Trinajstić information content (AvgIpc) is 2.18. The van der Waals surface area contributed by atoms with E-state index in [1.165, 1.54) is 19.3 Å². The Hall–Kier alpha value is -0.120. The Labute approximate surface area is 87.6 Å². The van der Waals surface area contributed by atoms with Crippen molar-refractivity contribution in [1.82, 2.24) is 4.90 Å². The van der Waals surface area contributed by atoms with Crippen LogP contribution < -0.4 is 5.73 Å². The Kier molecular flexibility index (Phi) is 4.85. The molecule has 1 rings (SSSR count). The molecule has 0 radical (unpaired) electrons. The van der Waals surface area contributed by atoms with Crippen LogP contribution in [0.1, 0.15) is 26.2 Å². The van der Waals surface area contributed by atoms with Crippen LogP contribution in [0.2, 0.25) is 0 Å². The second-order valence-corrected chi connectivity index (χ2v) is 4.62. The van der Waals surface area contributed by atoms with Crippen LogP contribution in [0.4, 0.5) is 0 Å². The summed E-state index contributed by atoms with van der Waals surface area (Å²) in [5.74, 6) is 0.824. The monoisotopic (exact) mass is 200 g/mol. The summed E-state index contributed by atoms with van der Waals surface area (Å²) in [7, 11) is 3.90. The molecule has 1 saturated carbocycles. The van der Waals surface area contributed by atoms with Gasteiger partial charge in [-0.1, -0.05) is 6.92 Å². The fourth-order valence-corrected chi connectivity index (χ4v) is 2.28. The molecule has 0 bridgehead atoms. The number of nitrogens with zero attached hydrogens (tertiary/aromatic N) is 1. The largest absolute Gasteiger partial charge is 0.383 e.